The first-order chi connectivity index (χ1) is 13.3. The van der Waals surface area contributed by atoms with Gasteiger partial charge in [-0.2, -0.15) is 0 Å². The van der Waals surface area contributed by atoms with Gasteiger partial charge in [0, 0.05) is 41.9 Å². The second kappa shape index (κ2) is 6.94. The Labute approximate surface area is 162 Å². The van der Waals surface area contributed by atoms with Crippen molar-refractivity contribution in [1.82, 2.24) is 0 Å². The fourth-order valence-corrected chi connectivity index (χ4v) is 4.35. The van der Waals surface area contributed by atoms with E-state index in [1.165, 1.54) is 12.1 Å². The van der Waals surface area contributed by atoms with Gasteiger partial charge in [0.2, 0.25) is 0 Å². The molecule has 1 aliphatic heterocycles. The van der Waals surface area contributed by atoms with E-state index < -0.39 is 29.0 Å². The number of benzene rings is 2. The molecule has 0 unspecified atom stereocenters. The Bertz CT molecular complexity index is 1070. The molecule has 2 heterocycles. The van der Waals surface area contributed by atoms with E-state index in [9.17, 15) is 22.4 Å². The van der Waals surface area contributed by atoms with Gasteiger partial charge in [0.15, 0.2) is 11.6 Å². The maximum Gasteiger partial charge on any atom is 0.265 e. The number of halogens is 4. The molecule has 1 aliphatic rings. The van der Waals surface area contributed by atoms with Crippen LogP contribution in [0.3, 0.4) is 0 Å². The largest absolute Gasteiger partial charge is 0.374 e. The highest BCUT2D eigenvalue weighted by Crippen LogP contribution is 2.41. The van der Waals surface area contributed by atoms with Gasteiger partial charge < -0.3 is 10.2 Å². The summed E-state index contributed by atoms with van der Waals surface area (Å²) in [5.41, 5.74) is 1.70. The molecule has 0 aliphatic carbocycles. The zero-order valence-corrected chi connectivity index (χ0v) is 15.5. The van der Waals surface area contributed by atoms with Gasteiger partial charge in [-0.3, -0.25) is 4.79 Å². The van der Waals surface area contributed by atoms with Crippen molar-refractivity contribution in [1.29, 1.82) is 0 Å². The molecule has 1 N–H and O–H groups in total. The summed E-state index contributed by atoms with van der Waals surface area (Å²) >= 11 is 1.16. The highest BCUT2D eigenvalue weighted by molar-refractivity contribution is 7.17. The van der Waals surface area contributed by atoms with Crippen LogP contribution < -0.4 is 10.2 Å². The third-order valence-corrected chi connectivity index (χ3v) is 5.82. The molecule has 4 rings (SSSR count). The summed E-state index contributed by atoms with van der Waals surface area (Å²) in [6.45, 7) is 0.627. The first-order valence-corrected chi connectivity index (χ1v) is 9.25. The monoisotopic (exact) mass is 406 g/mol. The Morgan fingerprint density at radius 2 is 1.75 bits per heavy atom. The Morgan fingerprint density at radius 1 is 1.04 bits per heavy atom. The highest BCUT2D eigenvalue weighted by Gasteiger charge is 2.24. The lowest BCUT2D eigenvalue weighted by Gasteiger charge is -2.19. The first-order valence-electron chi connectivity index (χ1n) is 8.43. The number of nitrogens with one attached hydrogen (secondary N) is 1. The van der Waals surface area contributed by atoms with Gasteiger partial charge in [0.25, 0.3) is 5.91 Å². The molecule has 0 saturated carbocycles. The van der Waals surface area contributed by atoms with Crippen LogP contribution in [0.5, 0.6) is 0 Å². The van der Waals surface area contributed by atoms with E-state index in [0.717, 1.165) is 27.3 Å². The van der Waals surface area contributed by atoms with E-state index in [-0.39, 0.29) is 10.7 Å². The Kier molecular flexibility index (Phi) is 4.58. The summed E-state index contributed by atoms with van der Waals surface area (Å²) in [5, 5.41) is 2.17. The molecule has 8 heteroatoms. The highest BCUT2D eigenvalue weighted by atomic mass is 32.1. The predicted molar refractivity (Wildman–Crippen MR) is 101 cm³/mol. The van der Waals surface area contributed by atoms with Crippen molar-refractivity contribution < 1.29 is 22.4 Å². The molecular weight excluding hydrogens is 392 g/mol. The first kappa shape index (κ1) is 18.5. The van der Waals surface area contributed by atoms with Crippen molar-refractivity contribution in [3.05, 3.63) is 70.1 Å². The molecule has 0 radical (unpaired) electrons. The number of carbonyl (C=O) groups excluding carboxylic acids is 1. The molecular formula is C20H14F4N2OS. The summed E-state index contributed by atoms with van der Waals surface area (Å²) in [5.74, 6) is -4.49. The third kappa shape index (κ3) is 3.24. The zero-order chi connectivity index (χ0) is 20.0. The number of fused-ring (bicyclic) bond motifs is 3. The van der Waals surface area contributed by atoms with Gasteiger partial charge in [0.05, 0.1) is 4.88 Å². The SMILES string of the molecule is CN1CCc2cc(C(=O)Nc3c(F)cc(F)cc3F)sc2-c2ccc(F)cc21. The Morgan fingerprint density at radius 3 is 2.46 bits per heavy atom. The molecule has 2 aromatic carbocycles. The van der Waals surface area contributed by atoms with Crippen molar-refractivity contribution in [2.45, 2.75) is 6.42 Å². The van der Waals surface area contributed by atoms with Crippen LogP contribution in [0, 0.1) is 23.3 Å². The fraction of sp³-hybridized carbons (Fsp3) is 0.150. The van der Waals surface area contributed by atoms with Crippen LogP contribution in [0.2, 0.25) is 0 Å². The third-order valence-electron chi connectivity index (χ3n) is 4.61. The van der Waals surface area contributed by atoms with Gasteiger partial charge in [-0.25, -0.2) is 17.6 Å². The standard InChI is InChI=1S/C20H14F4N2OS/c1-26-5-4-10-6-17(28-19(10)13-3-2-11(21)9-16(13)26)20(27)25-18-14(23)7-12(22)8-15(18)24/h2-3,6-9H,4-5H2,1H3,(H,25,27). The van der Waals surface area contributed by atoms with E-state index in [2.05, 4.69) is 5.32 Å². The van der Waals surface area contributed by atoms with Crippen LogP contribution in [-0.4, -0.2) is 19.5 Å². The Balaban J connectivity index is 1.70. The van der Waals surface area contributed by atoms with Crippen molar-refractivity contribution in [3.63, 3.8) is 0 Å². The van der Waals surface area contributed by atoms with Crippen molar-refractivity contribution in [3.8, 4) is 10.4 Å². The molecule has 0 atom stereocenters. The Hall–Kier alpha value is -2.87. The second-order valence-corrected chi connectivity index (χ2v) is 7.55. The lowest BCUT2D eigenvalue weighted by Crippen LogP contribution is -2.19. The minimum Gasteiger partial charge on any atom is -0.374 e. The minimum absolute atomic E-state index is 0.257. The summed E-state index contributed by atoms with van der Waals surface area (Å²) in [7, 11) is 1.86. The molecule has 1 aromatic heterocycles. The summed E-state index contributed by atoms with van der Waals surface area (Å²) in [4.78, 5) is 15.5. The summed E-state index contributed by atoms with van der Waals surface area (Å²) in [6.07, 6.45) is 0.630. The van der Waals surface area contributed by atoms with Crippen molar-refractivity contribution >= 4 is 28.6 Å². The smallest absolute Gasteiger partial charge is 0.265 e. The molecule has 3 aromatic rings. The van der Waals surface area contributed by atoms with Crippen LogP contribution in [0.1, 0.15) is 15.2 Å². The van der Waals surface area contributed by atoms with Crippen LogP contribution in [0.4, 0.5) is 28.9 Å². The normalized spacial score (nSPS) is 13.0. The molecule has 1 amide bonds. The van der Waals surface area contributed by atoms with Gasteiger partial charge in [-0.1, -0.05) is 0 Å². The number of amides is 1. The van der Waals surface area contributed by atoms with E-state index in [1.54, 1.807) is 12.1 Å². The average Bonchev–Trinajstić information content (AvgIpc) is 3.01. The maximum atomic E-state index is 13.8. The molecule has 28 heavy (non-hydrogen) atoms. The summed E-state index contributed by atoms with van der Waals surface area (Å²) < 4.78 is 54.3. The minimum atomic E-state index is -1.19. The lowest BCUT2D eigenvalue weighted by atomic mass is 10.1. The molecule has 0 fully saturated rings. The number of thiophene rings is 1. The van der Waals surface area contributed by atoms with E-state index in [4.69, 9.17) is 0 Å². The van der Waals surface area contributed by atoms with E-state index in [0.29, 0.717) is 30.8 Å². The number of anilines is 2. The van der Waals surface area contributed by atoms with Gasteiger partial charge in [0.1, 0.15) is 17.3 Å². The molecule has 144 valence electrons. The number of carbonyl (C=O) groups is 1. The fourth-order valence-electron chi connectivity index (χ4n) is 3.21. The average molecular weight is 406 g/mol. The molecule has 3 nitrogen and oxygen atoms in total. The van der Waals surface area contributed by atoms with Crippen LogP contribution in [0.25, 0.3) is 10.4 Å². The zero-order valence-electron chi connectivity index (χ0n) is 14.7. The van der Waals surface area contributed by atoms with Gasteiger partial charge in [-0.05, 0) is 36.2 Å². The van der Waals surface area contributed by atoms with Crippen molar-refractivity contribution in [2.24, 2.45) is 0 Å². The van der Waals surface area contributed by atoms with E-state index in [1.807, 2.05) is 11.9 Å². The second-order valence-electron chi connectivity index (χ2n) is 6.50. The maximum absolute atomic E-state index is 13.8. The summed E-state index contributed by atoms with van der Waals surface area (Å²) in [6, 6.07) is 7.12. The number of rotatable bonds is 2. The quantitative estimate of drug-likeness (QED) is 0.592. The molecule has 0 saturated heterocycles. The van der Waals surface area contributed by atoms with Crippen molar-refractivity contribution in [2.75, 3.05) is 23.8 Å². The lowest BCUT2D eigenvalue weighted by molar-refractivity contribution is 0.102. The molecule has 0 spiro atoms. The number of hydrogen-bond donors (Lipinski definition) is 1. The van der Waals surface area contributed by atoms with Gasteiger partial charge >= 0.3 is 0 Å². The van der Waals surface area contributed by atoms with Crippen LogP contribution in [0.15, 0.2) is 36.4 Å². The number of nitrogens with zero attached hydrogens (tertiary/aromatic N) is 1. The topological polar surface area (TPSA) is 32.3 Å². The van der Waals surface area contributed by atoms with Gasteiger partial charge in [-0.15, -0.1) is 11.3 Å². The van der Waals surface area contributed by atoms with Crippen LogP contribution >= 0.6 is 11.3 Å². The number of likely N-dealkylation sites (N-methyl/N-ethyl adjacent to an activating group) is 1. The molecule has 0 bridgehead atoms. The predicted octanol–water partition coefficient (Wildman–Crippen LogP) is 5.22. The number of hydrogen-bond acceptors (Lipinski definition) is 3. The van der Waals surface area contributed by atoms with Crippen LogP contribution in [-0.2, 0) is 6.42 Å². The van der Waals surface area contributed by atoms with E-state index >= 15 is 0 Å².